The van der Waals surface area contributed by atoms with E-state index in [0.717, 1.165) is 62.8 Å². The zero-order valence-corrected chi connectivity index (χ0v) is 18.3. The number of aliphatic imine (C=N–C) groups is 1. The lowest BCUT2D eigenvalue weighted by Gasteiger charge is -2.34. The van der Waals surface area contributed by atoms with E-state index < -0.39 is 0 Å². The molecule has 1 amide bonds. The Kier molecular flexibility index (Phi) is 9.60. The average Bonchev–Trinajstić information content (AvgIpc) is 2.75. The van der Waals surface area contributed by atoms with Crippen molar-refractivity contribution in [3.8, 4) is 11.5 Å². The zero-order valence-electron chi connectivity index (χ0n) is 18.3. The number of likely N-dealkylation sites (tertiary alicyclic amines) is 1. The number of rotatable bonds is 9. The molecule has 1 aliphatic rings. The maximum atomic E-state index is 11.6. The number of carbonyl (C=O) groups excluding carboxylic acids is 1. The van der Waals surface area contributed by atoms with Crippen LogP contribution in [0.25, 0.3) is 0 Å². The lowest BCUT2D eigenvalue weighted by Crippen LogP contribution is -2.46. The third-order valence-corrected chi connectivity index (χ3v) is 5.33. The summed E-state index contributed by atoms with van der Waals surface area (Å²) < 4.78 is 11.0. The first-order chi connectivity index (χ1) is 14.1. The van der Waals surface area contributed by atoms with Crippen LogP contribution in [0.15, 0.2) is 23.2 Å². The normalized spacial score (nSPS) is 15.2. The molecule has 0 aliphatic carbocycles. The summed E-state index contributed by atoms with van der Waals surface area (Å²) in [7, 11) is 5.19. The van der Waals surface area contributed by atoms with Crippen LogP contribution in [0.3, 0.4) is 0 Å². The van der Waals surface area contributed by atoms with E-state index >= 15 is 0 Å². The Balaban J connectivity index is 1.75. The van der Waals surface area contributed by atoms with Gasteiger partial charge < -0.3 is 25.0 Å². The Labute approximate surface area is 174 Å². The summed E-state index contributed by atoms with van der Waals surface area (Å²) in [6, 6.07) is 6.12. The zero-order chi connectivity index (χ0) is 21.1. The third-order valence-electron chi connectivity index (χ3n) is 5.33. The van der Waals surface area contributed by atoms with Crippen LogP contribution in [0.5, 0.6) is 11.5 Å². The quantitative estimate of drug-likeness (QED) is 0.376. The van der Waals surface area contributed by atoms with Gasteiger partial charge in [0.1, 0.15) is 0 Å². The van der Waals surface area contributed by atoms with Gasteiger partial charge in [-0.25, -0.2) is 0 Å². The summed E-state index contributed by atoms with van der Waals surface area (Å²) in [5.41, 5.74) is 1.24. The molecule has 1 fully saturated rings. The van der Waals surface area contributed by atoms with E-state index in [1.807, 2.05) is 20.0 Å². The average molecular weight is 405 g/mol. The number of piperidine rings is 1. The van der Waals surface area contributed by atoms with E-state index in [0.29, 0.717) is 18.9 Å². The summed E-state index contributed by atoms with van der Waals surface area (Å²) in [6.07, 6.45) is 4.65. The fraction of sp³-hybridized carbons (Fsp3) is 0.636. The molecule has 0 bridgehead atoms. The Hall–Kier alpha value is -2.44. The van der Waals surface area contributed by atoms with E-state index in [9.17, 15) is 4.79 Å². The number of hydrogen-bond acceptors (Lipinski definition) is 4. The van der Waals surface area contributed by atoms with Crippen LogP contribution in [0, 0.1) is 5.92 Å². The third kappa shape index (κ3) is 7.15. The monoisotopic (exact) mass is 404 g/mol. The number of hydrogen-bond donors (Lipinski definition) is 2. The van der Waals surface area contributed by atoms with Crippen molar-refractivity contribution in [3.05, 3.63) is 23.8 Å². The molecule has 0 aromatic heterocycles. The topological polar surface area (TPSA) is 75.2 Å². The van der Waals surface area contributed by atoms with E-state index in [1.54, 1.807) is 14.2 Å². The number of ether oxygens (including phenoxy) is 2. The molecule has 2 rings (SSSR count). The van der Waals surface area contributed by atoms with Gasteiger partial charge in [-0.05, 0) is 56.2 Å². The molecular weight excluding hydrogens is 368 g/mol. The summed E-state index contributed by atoms with van der Waals surface area (Å²) in [4.78, 5) is 18.3. The molecule has 1 aromatic rings. The van der Waals surface area contributed by atoms with Gasteiger partial charge in [0.15, 0.2) is 17.5 Å². The van der Waals surface area contributed by atoms with E-state index in [2.05, 4.69) is 32.7 Å². The molecule has 0 saturated carbocycles. The number of amides is 1. The van der Waals surface area contributed by atoms with Crippen molar-refractivity contribution >= 4 is 11.9 Å². The number of methoxy groups -OCH3 is 1. The highest BCUT2D eigenvalue weighted by molar-refractivity contribution is 5.80. The molecular formula is C22H36N4O3. The van der Waals surface area contributed by atoms with Crippen molar-refractivity contribution in [1.29, 1.82) is 0 Å². The molecule has 1 heterocycles. The summed E-state index contributed by atoms with van der Waals surface area (Å²) in [5, 5.41) is 6.20. The molecule has 1 saturated heterocycles. The minimum absolute atomic E-state index is 0.136. The van der Waals surface area contributed by atoms with E-state index in [-0.39, 0.29) is 5.91 Å². The van der Waals surface area contributed by atoms with Gasteiger partial charge in [0.2, 0.25) is 5.91 Å². The van der Waals surface area contributed by atoms with Crippen molar-refractivity contribution < 1.29 is 14.3 Å². The minimum Gasteiger partial charge on any atom is -0.493 e. The van der Waals surface area contributed by atoms with Crippen molar-refractivity contribution in [2.24, 2.45) is 10.9 Å². The maximum Gasteiger partial charge on any atom is 0.220 e. The molecule has 0 atom stereocenters. The lowest BCUT2D eigenvalue weighted by atomic mass is 9.93. The Morgan fingerprint density at radius 2 is 2.03 bits per heavy atom. The summed E-state index contributed by atoms with van der Waals surface area (Å²) in [5.74, 6) is 3.13. The second-order valence-electron chi connectivity index (χ2n) is 7.30. The van der Waals surface area contributed by atoms with Crippen molar-refractivity contribution in [3.63, 3.8) is 0 Å². The first kappa shape index (κ1) is 22.8. The second-order valence-corrected chi connectivity index (χ2v) is 7.30. The highest BCUT2D eigenvalue weighted by Gasteiger charge is 2.22. The highest BCUT2D eigenvalue weighted by Crippen LogP contribution is 2.28. The molecule has 0 radical (unpaired) electrons. The fourth-order valence-corrected chi connectivity index (χ4v) is 3.68. The predicted molar refractivity (Wildman–Crippen MR) is 117 cm³/mol. The smallest absolute Gasteiger partial charge is 0.220 e. The minimum atomic E-state index is 0.136. The van der Waals surface area contributed by atoms with Gasteiger partial charge in [0.05, 0.1) is 13.7 Å². The molecule has 0 spiro atoms. The van der Waals surface area contributed by atoms with Crippen LogP contribution in [0.4, 0.5) is 0 Å². The number of nitrogens with one attached hydrogen (secondary N) is 2. The van der Waals surface area contributed by atoms with Gasteiger partial charge >= 0.3 is 0 Å². The van der Waals surface area contributed by atoms with Crippen molar-refractivity contribution in [2.75, 3.05) is 47.4 Å². The van der Waals surface area contributed by atoms with Crippen LogP contribution < -0.4 is 20.1 Å². The maximum absolute atomic E-state index is 11.6. The van der Waals surface area contributed by atoms with Gasteiger partial charge in [-0.2, -0.15) is 0 Å². The predicted octanol–water partition coefficient (Wildman–Crippen LogP) is 2.45. The number of aryl methyl sites for hydroxylation is 1. The fourth-order valence-electron chi connectivity index (χ4n) is 3.68. The lowest BCUT2D eigenvalue weighted by molar-refractivity contribution is -0.121. The Morgan fingerprint density at radius 3 is 2.66 bits per heavy atom. The van der Waals surface area contributed by atoms with E-state index in [1.165, 1.54) is 5.56 Å². The van der Waals surface area contributed by atoms with Crippen LogP contribution in [0.2, 0.25) is 0 Å². The van der Waals surface area contributed by atoms with Crippen LogP contribution in [-0.4, -0.2) is 64.2 Å². The Bertz CT molecular complexity index is 670. The number of carbonyl (C=O) groups is 1. The number of nitrogens with zero attached hydrogens (tertiary/aromatic N) is 2. The first-order valence-electron chi connectivity index (χ1n) is 10.6. The van der Waals surface area contributed by atoms with Gasteiger partial charge in [0.25, 0.3) is 0 Å². The molecule has 162 valence electrons. The van der Waals surface area contributed by atoms with Gasteiger partial charge in [-0.3, -0.25) is 9.79 Å². The molecule has 7 heteroatoms. The van der Waals surface area contributed by atoms with Crippen molar-refractivity contribution in [2.45, 2.75) is 39.0 Å². The standard InChI is InChI=1S/C22H36N4O3/c1-5-29-20-15-17(8-9-19(20)28-4)7-6-12-25-22(24-3)26-13-10-18(11-14-26)16-21(27)23-2/h8-9,15,18H,5-7,10-14,16H2,1-4H3,(H,23,27)(H,24,25). The molecule has 2 N–H and O–H groups in total. The van der Waals surface area contributed by atoms with Crippen LogP contribution in [-0.2, 0) is 11.2 Å². The highest BCUT2D eigenvalue weighted by atomic mass is 16.5. The molecule has 7 nitrogen and oxygen atoms in total. The van der Waals surface area contributed by atoms with E-state index in [4.69, 9.17) is 9.47 Å². The first-order valence-corrected chi connectivity index (χ1v) is 10.6. The van der Waals surface area contributed by atoms with Crippen LogP contribution in [0.1, 0.15) is 38.2 Å². The molecule has 29 heavy (non-hydrogen) atoms. The SMILES string of the molecule is CCOc1cc(CCCNC(=NC)N2CCC(CC(=O)NC)CC2)ccc1OC. The van der Waals surface area contributed by atoms with Crippen LogP contribution >= 0.6 is 0 Å². The second kappa shape index (κ2) is 12.2. The number of guanidine groups is 1. The van der Waals surface area contributed by atoms with Gasteiger partial charge in [0, 0.05) is 40.2 Å². The van der Waals surface area contributed by atoms with Gasteiger partial charge in [-0.1, -0.05) is 6.07 Å². The number of benzene rings is 1. The molecule has 1 aliphatic heterocycles. The summed E-state index contributed by atoms with van der Waals surface area (Å²) >= 11 is 0. The summed E-state index contributed by atoms with van der Waals surface area (Å²) in [6.45, 7) is 5.34. The molecule has 0 unspecified atom stereocenters. The largest absolute Gasteiger partial charge is 0.493 e. The molecule has 1 aromatic carbocycles. The Morgan fingerprint density at radius 1 is 1.28 bits per heavy atom. The van der Waals surface area contributed by atoms with Crippen molar-refractivity contribution in [1.82, 2.24) is 15.5 Å². The van der Waals surface area contributed by atoms with Gasteiger partial charge in [-0.15, -0.1) is 0 Å².